The lowest BCUT2D eigenvalue weighted by molar-refractivity contribution is -0.394. The molecule has 182 valence electrons. The zero-order valence-corrected chi connectivity index (χ0v) is 19.8. The first-order valence-corrected chi connectivity index (χ1v) is 12.4. The second-order valence-corrected chi connectivity index (χ2v) is 11.4. The molecule has 0 saturated heterocycles. The van der Waals surface area contributed by atoms with Crippen LogP contribution in [0.4, 0.5) is 11.4 Å². The van der Waals surface area contributed by atoms with E-state index in [-0.39, 0.29) is 17.1 Å². The Labute approximate surface area is 199 Å². The van der Waals surface area contributed by atoms with Gasteiger partial charge in [0.25, 0.3) is 11.4 Å². The van der Waals surface area contributed by atoms with E-state index >= 15 is 0 Å². The summed E-state index contributed by atoms with van der Waals surface area (Å²) in [6, 6.07) is 2.95. The molecule has 3 fully saturated rings. The van der Waals surface area contributed by atoms with Crippen LogP contribution >= 0.6 is 0 Å². The predicted octanol–water partition coefficient (Wildman–Crippen LogP) is 6.38. The van der Waals surface area contributed by atoms with Crippen LogP contribution in [0.3, 0.4) is 0 Å². The molecular formula is C26H32N2O6. The minimum Gasteiger partial charge on any atom is -0.458 e. The molecule has 0 bridgehead atoms. The van der Waals surface area contributed by atoms with Crippen LogP contribution in [0, 0.1) is 48.8 Å². The third-order valence-corrected chi connectivity index (χ3v) is 9.67. The Morgan fingerprint density at radius 1 is 0.971 bits per heavy atom. The second-order valence-electron chi connectivity index (χ2n) is 11.4. The van der Waals surface area contributed by atoms with Gasteiger partial charge in [-0.3, -0.25) is 20.2 Å². The van der Waals surface area contributed by atoms with Crippen LogP contribution in [0.1, 0.15) is 82.0 Å². The first-order chi connectivity index (χ1) is 16.1. The molecule has 1 aromatic carbocycles. The number of allylic oxidation sites excluding steroid dienone is 1. The fraction of sp³-hybridized carbons (Fsp3) is 0.654. The summed E-state index contributed by atoms with van der Waals surface area (Å²) in [7, 11) is 0. The molecule has 8 nitrogen and oxygen atoms in total. The third-order valence-electron chi connectivity index (χ3n) is 9.67. The zero-order valence-electron chi connectivity index (χ0n) is 19.8. The zero-order chi connectivity index (χ0) is 24.3. The maximum absolute atomic E-state index is 12.8. The lowest BCUT2D eigenvalue weighted by atomic mass is 9.48. The van der Waals surface area contributed by atoms with E-state index in [0.29, 0.717) is 17.8 Å². The fourth-order valence-electron chi connectivity index (χ4n) is 7.86. The van der Waals surface area contributed by atoms with E-state index in [2.05, 4.69) is 19.9 Å². The summed E-state index contributed by atoms with van der Waals surface area (Å²) < 4.78 is 5.74. The number of benzene rings is 1. The minimum absolute atomic E-state index is 0.139. The van der Waals surface area contributed by atoms with Crippen molar-refractivity contribution in [3.05, 3.63) is 55.6 Å². The smallest absolute Gasteiger partial charge is 0.338 e. The van der Waals surface area contributed by atoms with E-state index in [1.165, 1.54) is 37.7 Å². The van der Waals surface area contributed by atoms with Gasteiger partial charge in [-0.2, -0.15) is 0 Å². The van der Waals surface area contributed by atoms with Crippen molar-refractivity contribution in [2.45, 2.75) is 77.7 Å². The largest absolute Gasteiger partial charge is 0.458 e. The normalized spacial score (nSPS) is 36.5. The number of hydrogen-bond acceptors (Lipinski definition) is 6. The number of fused-ring (bicyclic) bond motifs is 5. The van der Waals surface area contributed by atoms with E-state index in [1.807, 2.05) is 0 Å². The monoisotopic (exact) mass is 468 g/mol. The number of esters is 1. The lowest BCUT2D eigenvalue weighted by Gasteiger charge is -2.57. The molecular weight excluding hydrogens is 436 g/mol. The van der Waals surface area contributed by atoms with Gasteiger partial charge in [0, 0.05) is 18.6 Å². The van der Waals surface area contributed by atoms with E-state index in [1.54, 1.807) is 0 Å². The fourth-order valence-corrected chi connectivity index (χ4v) is 7.86. The van der Waals surface area contributed by atoms with E-state index in [0.717, 1.165) is 49.3 Å². The Kier molecular flexibility index (Phi) is 5.52. The van der Waals surface area contributed by atoms with E-state index in [4.69, 9.17) is 4.74 Å². The number of nitro groups is 2. The van der Waals surface area contributed by atoms with Gasteiger partial charge in [-0.05, 0) is 73.5 Å². The molecule has 0 aliphatic heterocycles. The molecule has 34 heavy (non-hydrogen) atoms. The second kappa shape index (κ2) is 8.17. The van der Waals surface area contributed by atoms with Crippen LogP contribution in [-0.4, -0.2) is 21.9 Å². The van der Waals surface area contributed by atoms with Crippen LogP contribution in [0.5, 0.6) is 0 Å². The summed E-state index contributed by atoms with van der Waals surface area (Å²) >= 11 is 0. The van der Waals surface area contributed by atoms with Crippen molar-refractivity contribution in [1.29, 1.82) is 0 Å². The average Bonchev–Trinajstić information content (AvgIpc) is 3.20. The summed E-state index contributed by atoms with van der Waals surface area (Å²) in [5, 5.41) is 22.3. The molecule has 0 heterocycles. The first-order valence-electron chi connectivity index (χ1n) is 12.4. The Balaban J connectivity index is 1.32. The van der Waals surface area contributed by atoms with Gasteiger partial charge < -0.3 is 4.74 Å². The first kappa shape index (κ1) is 23.0. The molecule has 6 atom stereocenters. The van der Waals surface area contributed by atoms with Crippen molar-refractivity contribution < 1.29 is 19.4 Å². The molecule has 0 aromatic heterocycles. The van der Waals surface area contributed by atoms with Crippen LogP contribution in [0.25, 0.3) is 0 Å². The highest BCUT2D eigenvalue weighted by Crippen LogP contribution is 2.64. The van der Waals surface area contributed by atoms with Gasteiger partial charge in [-0.25, -0.2) is 4.79 Å². The van der Waals surface area contributed by atoms with Crippen molar-refractivity contribution in [3.8, 4) is 0 Å². The number of nitrogens with zero attached hydrogens (tertiary/aromatic N) is 2. The van der Waals surface area contributed by atoms with E-state index in [9.17, 15) is 25.0 Å². The molecule has 5 rings (SSSR count). The molecule has 6 unspecified atom stereocenters. The molecule has 4 aliphatic carbocycles. The number of carbonyl (C=O) groups excluding carboxylic acids is 1. The van der Waals surface area contributed by atoms with Crippen molar-refractivity contribution in [3.63, 3.8) is 0 Å². The highest BCUT2D eigenvalue weighted by molar-refractivity contribution is 5.91. The molecule has 0 N–H and O–H groups in total. The Morgan fingerprint density at radius 2 is 1.68 bits per heavy atom. The van der Waals surface area contributed by atoms with Crippen molar-refractivity contribution in [2.75, 3.05) is 0 Å². The van der Waals surface area contributed by atoms with Gasteiger partial charge in [0.05, 0.1) is 21.5 Å². The molecule has 0 amide bonds. The van der Waals surface area contributed by atoms with Crippen LogP contribution in [-0.2, 0) is 4.74 Å². The number of nitro benzene ring substituents is 2. The summed E-state index contributed by atoms with van der Waals surface area (Å²) in [5.41, 5.74) is 0.893. The SMILES string of the molecule is CC12CCCC1C1CC=C3CC(OC(=O)c4cc([N+](=O)[O-])cc([N+](=O)[O-])c4)CCC3(C)C1CC2. The molecule has 8 heteroatoms. The Hall–Kier alpha value is -2.77. The standard InChI is InChI=1S/C26H32N2O6/c1-25-9-3-4-22(25)21-6-5-17-14-20(7-11-26(17,2)23(21)8-10-25)34-24(29)16-12-18(27(30)31)15-19(13-16)28(32)33/h5,12-13,15,20-23H,3-4,6-11,14H2,1-2H3. The van der Waals surface area contributed by atoms with Gasteiger partial charge in [0.15, 0.2) is 0 Å². The molecule has 1 aromatic rings. The highest BCUT2D eigenvalue weighted by atomic mass is 16.6. The van der Waals surface area contributed by atoms with Crippen LogP contribution < -0.4 is 0 Å². The maximum Gasteiger partial charge on any atom is 0.338 e. The number of rotatable bonds is 4. The maximum atomic E-state index is 12.8. The number of hydrogen-bond donors (Lipinski definition) is 0. The lowest BCUT2D eigenvalue weighted by Crippen LogP contribution is -2.49. The van der Waals surface area contributed by atoms with Gasteiger partial charge >= 0.3 is 5.97 Å². The highest BCUT2D eigenvalue weighted by Gasteiger charge is 2.56. The summed E-state index contributed by atoms with van der Waals surface area (Å²) in [4.78, 5) is 33.7. The van der Waals surface area contributed by atoms with E-state index < -0.39 is 27.2 Å². The molecule has 4 aliphatic rings. The quantitative estimate of drug-likeness (QED) is 0.219. The van der Waals surface area contributed by atoms with Gasteiger partial charge in [-0.15, -0.1) is 0 Å². The number of ether oxygens (including phenoxy) is 1. The molecule has 0 radical (unpaired) electrons. The molecule has 3 saturated carbocycles. The van der Waals surface area contributed by atoms with Crippen LogP contribution in [0.2, 0.25) is 0 Å². The van der Waals surface area contributed by atoms with Crippen molar-refractivity contribution >= 4 is 17.3 Å². The topological polar surface area (TPSA) is 113 Å². The van der Waals surface area contributed by atoms with Gasteiger partial charge in [-0.1, -0.05) is 31.9 Å². The minimum atomic E-state index is -0.742. The average molecular weight is 469 g/mol. The van der Waals surface area contributed by atoms with Crippen molar-refractivity contribution in [1.82, 2.24) is 0 Å². The van der Waals surface area contributed by atoms with Gasteiger partial charge in [0.1, 0.15) is 6.10 Å². The Bertz CT molecular complexity index is 1050. The van der Waals surface area contributed by atoms with Crippen molar-refractivity contribution in [2.24, 2.45) is 28.6 Å². The third kappa shape index (κ3) is 3.71. The predicted molar refractivity (Wildman–Crippen MR) is 125 cm³/mol. The summed E-state index contributed by atoms with van der Waals surface area (Å²) in [6.45, 7) is 4.90. The molecule has 0 spiro atoms. The van der Waals surface area contributed by atoms with Crippen LogP contribution in [0.15, 0.2) is 29.8 Å². The number of carbonyl (C=O) groups is 1. The Morgan fingerprint density at radius 3 is 2.35 bits per heavy atom. The number of non-ortho nitro benzene ring substituents is 2. The van der Waals surface area contributed by atoms with Gasteiger partial charge in [0.2, 0.25) is 0 Å². The summed E-state index contributed by atoms with van der Waals surface area (Å²) in [6.07, 6.45) is 12.2. The summed E-state index contributed by atoms with van der Waals surface area (Å²) in [5.74, 6) is 1.51.